The first-order valence-corrected chi connectivity index (χ1v) is 9.34. The molecule has 0 saturated carbocycles. The Morgan fingerprint density at radius 3 is 2.52 bits per heavy atom. The number of unbranched alkanes of at least 4 members (excludes halogenated alkanes) is 3. The van der Waals surface area contributed by atoms with Gasteiger partial charge in [0, 0.05) is 31.0 Å². The number of hydrogen-bond donors (Lipinski definition) is 2. The zero-order chi connectivity index (χ0) is 15.9. The number of nitrogens with one attached hydrogen (secondary N) is 1. The van der Waals surface area contributed by atoms with Crippen molar-refractivity contribution < 1.29 is 8.42 Å². The molecule has 1 atom stereocenters. The number of aromatic nitrogens is 1. The van der Waals surface area contributed by atoms with E-state index in [9.17, 15) is 8.42 Å². The van der Waals surface area contributed by atoms with Gasteiger partial charge in [0.25, 0.3) is 0 Å². The van der Waals surface area contributed by atoms with E-state index in [4.69, 9.17) is 5.73 Å². The van der Waals surface area contributed by atoms with Gasteiger partial charge in [-0.2, -0.15) is 0 Å². The zero-order valence-corrected chi connectivity index (χ0v) is 14.2. The second kappa shape index (κ2) is 8.56. The van der Waals surface area contributed by atoms with Crippen molar-refractivity contribution in [3.8, 4) is 0 Å². The largest absolute Gasteiger partial charge is 0.349 e. The smallest absolute Gasteiger partial charge is 0.242 e. The molecular formula is C15H29N3O2S. The molecule has 0 spiro atoms. The van der Waals surface area contributed by atoms with Gasteiger partial charge in [-0.05, 0) is 26.3 Å². The summed E-state index contributed by atoms with van der Waals surface area (Å²) >= 11 is 0. The van der Waals surface area contributed by atoms with Crippen LogP contribution < -0.4 is 10.5 Å². The molecule has 0 radical (unpaired) electrons. The van der Waals surface area contributed by atoms with Gasteiger partial charge in [-0.1, -0.05) is 32.6 Å². The molecule has 0 bridgehead atoms. The summed E-state index contributed by atoms with van der Waals surface area (Å²) in [6.07, 6.45) is 7.14. The Hall–Kier alpha value is -0.850. The minimum absolute atomic E-state index is 0.0434. The summed E-state index contributed by atoms with van der Waals surface area (Å²) in [5, 5.41) is 0. The van der Waals surface area contributed by atoms with E-state index in [1.54, 1.807) is 12.3 Å². The van der Waals surface area contributed by atoms with Gasteiger partial charge < -0.3 is 10.3 Å². The molecule has 1 rings (SSSR count). The molecule has 0 saturated heterocycles. The van der Waals surface area contributed by atoms with Gasteiger partial charge in [0.1, 0.15) is 0 Å². The SMILES string of the molecule is CCCCCCC(C)NS(=O)(=O)c1cc(CN)n(CC)c1. The van der Waals surface area contributed by atoms with Crippen molar-refractivity contribution >= 4 is 10.0 Å². The zero-order valence-electron chi connectivity index (χ0n) is 13.4. The highest BCUT2D eigenvalue weighted by atomic mass is 32.2. The van der Waals surface area contributed by atoms with Crippen molar-refractivity contribution in [3.05, 3.63) is 18.0 Å². The van der Waals surface area contributed by atoms with E-state index in [0.29, 0.717) is 18.0 Å². The van der Waals surface area contributed by atoms with Crippen molar-refractivity contribution in [1.29, 1.82) is 0 Å². The van der Waals surface area contributed by atoms with E-state index < -0.39 is 10.0 Å². The van der Waals surface area contributed by atoms with Crippen LogP contribution in [0, 0.1) is 0 Å². The average molecular weight is 315 g/mol. The number of rotatable bonds is 10. The molecule has 122 valence electrons. The molecule has 1 unspecified atom stereocenters. The molecule has 6 heteroatoms. The Kier molecular flexibility index (Phi) is 7.42. The number of sulfonamides is 1. The van der Waals surface area contributed by atoms with Gasteiger partial charge in [0.05, 0.1) is 4.90 Å². The normalized spacial score (nSPS) is 13.5. The third-order valence-corrected chi connectivity index (χ3v) is 5.22. The first-order chi connectivity index (χ1) is 9.94. The predicted octanol–water partition coefficient (Wildman–Crippen LogP) is 2.60. The standard InChI is InChI=1S/C15H29N3O2S/c1-4-6-7-8-9-13(3)17-21(19,20)15-10-14(11-16)18(5-2)12-15/h10,12-13,17H,4-9,11,16H2,1-3H3. The van der Waals surface area contributed by atoms with Crippen molar-refractivity contribution in [2.24, 2.45) is 5.73 Å². The highest BCUT2D eigenvalue weighted by molar-refractivity contribution is 7.89. The summed E-state index contributed by atoms with van der Waals surface area (Å²) < 4.78 is 29.4. The van der Waals surface area contributed by atoms with Crippen LogP contribution in [0.5, 0.6) is 0 Å². The van der Waals surface area contributed by atoms with Gasteiger partial charge in [-0.25, -0.2) is 13.1 Å². The number of aryl methyl sites for hydroxylation is 1. The summed E-state index contributed by atoms with van der Waals surface area (Å²) in [5.41, 5.74) is 6.48. The number of nitrogens with two attached hydrogens (primary N) is 1. The Morgan fingerprint density at radius 2 is 2.00 bits per heavy atom. The predicted molar refractivity (Wildman–Crippen MR) is 86.5 cm³/mol. The molecule has 0 aliphatic carbocycles. The number of hydrogen-bond acceptors (Lipinski definition) is 3. The summed E-state index contributed by atoms with van der Waals surface area (Å²) in [6.45, 7) is 7.12. The molecule has 21 heavy (non-hydrogen) atoms. The van der Waals surface area contributed by atoms with Crippen molar-refractivity contribution in [3.63, 3.8) is 0 Å². The van der Waals surface area contributed by atoms with E-state index in [1.165, 1.54) is 12.8 Å². The third-order valence-electron chi connectivity index (χ3n) is 3.67. The van der Waals surface area contributed by atoms with E-state index in [-0.39, 0.29) is 6.04 Å². The fraction of sp³-hybridized carbons (Fsp3) is 0.733. The fourth-order valence-corrected chi connectivity index (χ4v) is 3.75. The quantitative estimate of drug-likeness (QED) is 0.652. The lowest BCUT2D eigenvalue weighted by atomic mass is 10.1. The summed E-state index contributed by atoms with van der Waals surface area (Å²) in [4.78, 5) is 0.310. The first kappa shape index (κ1) is 18.2. The maximum Gasteiger partial charge on any atom is 0.242 e. The first-order valence-electron chi connectivity index (χ1n) is 7.86. The van der Waals surface area contributed by atoms with E-state index in [1.807, 2.05) is 18.4 Å². The Balaban J connectivity index is 2.66. The highest BCUT2D eigenvalue weighted by Crippen LogP contribution is 2.16. The van der Waals surface area contributed by atoms with Crippen LogP contribution in [0.1, 0.15) is 58.6 Å². The van der Waals surface area contributed by atoms with Crippen LogP contribution in [0.15, 0.2) is 17.2 Å². The molecule has 0 amide bonds. The summed E-state index contributed by atoms with van der Waals surface area (Å²) in [5.74, 6) is 0. The van der Waals surface area contributed by atoms with E-state index in [0.717, 1.165) is 25.0 Å². The molecule has 3 N–H and O–H groups in total. The van der Waals surface area contributed by atoms with Crippen LogP contribution in [-0.2, 0) is 23.1 Å². The molecule has 0 aliphatic heterocycles. The van der Waals surface area contributed by atoms with Gasteiger partial charge in [0.2, 0.25) is 10.0 Å². The van der Waals surface area contributed by atoms with Gasteiger partial charge >= 0.3 is 0 Å². The van der Waals surface area contributed by atoms with Crippen LogP contribution >= 0.6 is 0 Å². The maximum atomic E-state index is 12.4. The van der Waals surface area contributed by atoms with Crippen LogP contribution in [0.2, 0.25) is 0 Å². The van der Waals surface area contributed by atoms with Crippen LogP contribution in [-0.4, -0.2) is 19.0 Å². The van der Waals surface area contributed by atoms with Crippen molar-refractivity contribution in [2.45, 2.75) is 76.9 Å². The van der Waals surface area contributed by atoms with Gasteiger partial charge in [-0.3, -0.25) is 0 Å². The maximum absolute atomic E-state index is 12.4. The lowest BCUT2D eigenvalue weighted by molar-refractivity contribution is 0.522. The lowest BCUT2D eigenvalue weighted by Gasteiger charge is -2.13. The summed E-state index contributed by atoms with van der Waals surface area (Å²) in [7, 11) is -3.45. The molecule has 1 aromatic heterocycles. The van der Waals surface area contributed by atoms with Crippen molar-refractivity contribution in [1.82, 2.24) is 9.29 Å². The minimum atomic E-state index is -3.45. The van der Waals surface area contributed by atoms with E-state index in [2.05, 4.69) is 11.6 Å². The molecule has 0 aliphatic rings. The molecule has 5 nitrogen and oxygen atoms in total. The molecular weight excluding hydrogens is 286 g/mol. The second-order valence-corrected chi connectivity index (χ2v) is 7.24. The number of nitrogens with zero attached hydrogens (tertiary/aromatic N) is 1. The third kappa shape index (κ3) is 5.45. The monoisotopic (exact) mass is 315 g/mol. The molecule has 1 heterocycles. The summed E-state index contributed by atoms with van der Waals surface area (Å²) in [6, 6.07) is 1.62. The van der Waals surface area contributed by atoms with Crippen LogP contribution in [0.4, 0.5) is 0 Å². The highest BCUT2D eigenvalue weighted by Gasteiger charge is 2.20. The second-order valence-electron chi connectivity index (χ2n) is 5.53. The van der Waals surface area contributed by atoms with E-state index >= 15 is 0 Å². The topological polar surface area (TPSA) is 77.1 Å². The van der Waals surface area contributed by atoms with Crippen LogP contribution in [0.25, 0.3) is 0 Å². The Morgan fingerprint density at radius 1 is 1.29 bits per heavy atom. The average Bonchev–Trinajstić information content (AvgIpc) is 2.87. The molecule has 0 aromatic carbocycles. The lowest BCUT2D eigenvalue weighted by Crippen LogP contribution is -2.32. The fourth-order valence-electron chi connectivity index (χ4n) is 2.41. The van der Waals surface area contributed by atoms with Crippen LogP contribution in [0.3, 0.4) is 0 Å². The Labute approximate surface area is 129 Å². The molecule has 0 fully saturated rings. The minimum Gasteiger partial charge on any atom is -0.349 e. The Bertz CT molecular complexity index is 502. The van der Waals surface area contributed by atoms with Crippen molar-refractivity contribution in [2.75, 3.05) is 0 Å². The molecule has 1 aromatic rings. The van der Waals surface area contributed by atoms with Gasteiger partial charge in [0.15, 0.2) is 0 Å². The van der Waals surface area contributed by atoms with Gasteiger partial charge in [-0.15, -0.1) is 0 Å².